The van der Waals surface area contributed by atoms with E-state index in [4.69, 9.17) is 10.5 Å². The van der Waals surface area contributed by atoms with Gasteiger partial charge in [-0.2, -0.15) is 0 Å². The van der Waals surface area contributed by atoms with E-state index in [2.05, 4.69) is 0 Å². The van der Waals surface area contributed by atoms with Crippen molar-refractivity contribution in [1.82, 2.24) is 0 Å². The first-order valence-electron chi connectivity index (χ1n) is 7.13. The van der Waals surface area contributed by atoms with Crippen LogP contribution in [0.15, 0.2) is 48.5 Å². The molecule has 0 fully saturated rings. The smallest absolute Gasteiger partial charge is 0.127 e. The van der Waals surface area contributed by atoms with Crippen molar-refractivity contribution in [3.8, 4) is 5.75 Å². The molecule has 0 atom stereocenters. The van der Waals surface area contributed by atoms with Crippen molar-refractivity contribution < 1.29 is 14.6 Å². The molecule has 0 saturated carbocycles. The Labute approximate surface area is 128 Å². The molecule has 1 aliphatic rings. The van der Waals surface area contributed by atoms with Gasteiger partial charge in [-0.3, -0.25) is 0 Å². The van der Waals surface area contributed by atoms with Crippen LogP contribution in [0.4, 0.5) is 0 Å². The minimum atomic E-state index is -1.10. The van der Waals surface area contributed by atoms with Gasteiger partial charge in [0.15, 0.2) is 0 Å². The van der Waals surface area contributed by atoms with Gasteiger partial charge < -0.3 is 20.4 Å². The normalized spacial score (nSPS) is 14.7. The van der Waals surface area contributed by atoms with Crippen molar-refractivity contribution in [2.45, 2.75) is 13.0 Å². The Morgan fingerprint density at radius 2 is 2.05 bits per heavy atom. The van der Waals surface area contributed by atoms with Crippen LogP contribution in [0.3, 0.4) is 0 Å². The van der Waals surface area contributed by atoms with Crippen molar-refractivity contribution >= 4 is 11.5 Å². The van der Waals surface area contributed by atoms with Crippen molar-refractivity contribution in [3.05, 3.63) is 70.8 Å². The molecular weight excluding hydrogens is 278 g/mol. The Morgan fingerprint density at radius 3 is 2.82 bits per heavy atom. The Morgan fingerprint density at radius 1 is 1.23 bits per heavy atom. The number of carbonyl (C=O) groups excluding carboxylic acids is 1. The van der Waals surface area contributed by atoms with E-state index < -0.39 is 5.97 Å². The Bertz CT molecular complexity index is 750. The van der Waals surface area contributed by atoms with E-state index in [-0.39, 0.29) is 6.42 Å². The van der Waals surface area contributed by atoms with Crippen molar-refractivity contribution in [1.29, 1.82) is 0 Å². The van der Waals surface area contributed by atoms with Crippen LogP contribution < -0.4 is 15.6 Å². The van der Waals surface area contributed by atoms with Gasteiger partial charge in [-0.15, -0.1) is 0 Å². The highest BCUT2D eigenvalue weighted by molar-refractivity contribution is 5.85. The first-order valence-corrected chi connectivity index (χ1v) is 7.13. The summed E-state index contributed by atoms with van der Waals surface area (Å²) in [6.07, 6.45) is 1.82. The third-order valence-electron chi connectivity index (χ3n) is 3.70. The van der Waals surface area contributed by atoms with Crippen LogP contribution >= 0.6 is 0 Å². The summed E-state index contributed by atoms with van der Waals surface area (Å²) in [6, 6.07) is 13.4. The number of carboxylic acid groups (broad SMARTS) is 1. The van der Waals surface area contributed by atoms with E-state index in [1.165, 1.54) is 0 Å². The van der Waals surface area contributed by atoms with Crippen LogP contribution in [0.5, 0.6) is 5.75 Å². The first kappa shape index (κ1) is 14.4. The van der Waals surface area contributed by atoms with Gasteiger partial charge in [0.25, 0.3) is 0 Å². The molecule has 0 saturated heterocycles. The average molecular weight is 294 g/mol. The van der Waals surface area contributed by atoms with Crippen molar-refractivity contribution in [2.75, 3.05) is 6.54 Å². The monoisotopic (exact) mass is 294 g/mol. The summed E-state index contributed by atoms with van der Waals surface area (Å²) in [5, 5.41) is 10.8. The lowest BCUT2D eigenvalue weighted by atomic mass is 9.92. The van der Waals surface area contributed by atoms with Crippen LogP contribution in [0.25, 0.3) is 5.57 Å². The molecule has 4 heteroatoms. The summed E-state index contributed by atoms with van der Waals surface area (Å²) in [6.45, 7) is 0.874. The molecule has 22 heavy (non-hydrogen) atoms. The topological polar surface area (TPSA) is 75.4 Å². The highest BCUT2D eigenvalue weighted by Crippen LogP contribution is 2.37. The van der Waals surface area contributed by atoms with E-state index in [9.17, 15) is 9.90 Å². The summed E-state index contributed by atoms with van der Waals surface area (Å²) in [7, 11) is 0. The molecule has 0 amide bonds. The molecular formula is C18H16NO3-. The largest absolute Gasteiger partial charge is 0.550 e. The molecule has 112 valence electrons. The Balaban J connectivity index is 2.16. The highest BCUT2D eigenvalue weighted by atomic mass is 16.5. The predicted octanol–water partition coefficient (Wildman–Crippen LogP) is 1.26. The number of ether oxygens (including phenoxy) is 1. The van der Waals surface area contributed by atoms with E-state index >= 15 is 0 Å². The zero-order chi connectivity index (χ0) is 15.5. The third-order valence-corrected chi connectivity index (χ3v) is 3.70. The summed E-state index contributed by atoms with van der Waals surface area (Å²) in [4.78, 5) is 10.8. The molecule has 0 aromatic heterocycles. The summed E-state index contributed by atoms with van der Waals surface area (Å²) < 4.78 is 5.87. The summed E-state index contributed by atoms with van der Waals surface area (Å²) >= 11 is 0. The van der Waals surface area contributed by atoms with Crippen LogP contribution in [0, 0.1) is 0 Å². The lowest BCUT2D eigenvalue weighted by molar-refractivity contribution is -0.304. The number of aliphatic carboxylic acids is 1. The molecule has 0 spiro atoms. The molecule has 0 aliphatic carbocycles. The average Bonchev–Trinajstić information content (AvgIpc) is 2.65. The van der Waals surface area contributed by atoms with Crippen LogP contribution in [0.2, 0.25) is 0 Å². The Kier molecular flexibility index (Phi) is 3.94. The quantitative estimate of drug-likeness (QED) is 0.924. The minimum Gasteiger partial charge on any atom is -0.550 e. The van der Waals surface area contributed by atoms with Crippen LogP contribution in [0.1, 0.15) is 22.3 Å². The highest BCUT2D eigenvalue weighted by Gasteiger charge is 2.19. The fourth-order valence-electron chi connectivity index (χ4n) is 2.74. The van der Waals surface area contributed by atoms with Gasteiger partial charge in [0, 0.05) is 24.5 Å². The maximum atomic E-state index is 10.8. The first-order chi connectivity index (χ1) is 10.7. The minimum absolute atomic E-state index is 0.120. The second-order valence-electron chi connectivity index (χ2n) is 5.18. The molecule has 0 radical (unpaired) electrons. The molecule has 1 heterocycles. The van der Waals surface area contributed by atoms with Gasteiger partial charge in [-0.1, -0.05) is 36.4 Å². The maximum absolute atomic E-state index is 10.8. The zero-order valence-electron chi connectivity index (χ0n) is 12.0. The fraction of sp³-hybridized carbons (Fsp3) is 0.167. The lowest BCUT2D eigenvalue weighted by Crippen LogP contribution is -2.24. The maximum Gasteiger partial charge on any atom is 0.127 e. The van der Waals surface area contributed by atoms with Crippen molar-refractivity contribution in [3.63, 3.8) is 0 Å². The standard InChI is InChI=1S/C18H17NO3/c19-8-7-15-14-4-2-1-3-13(14)11-22-17-6-5-12(9-16(15)17)10-18(20)21/h1-7,9H,8,10-11,19H2,(H,20,21)/p-1/b15-7+. The van der Waals surface area contributed by atoms with Gasteiger partial charge in [0.2, 0.25) is 0 Å². The van der Waals surface area contributed by atoms with Crippen LogP contribution in [-0.4, -0.2) is 12.5 Å². The van der Waals surface area contributed by atoms with Crippen molar-refractivity contribution in [2.24, 2.45) is 5.73 Å². The number of benzene rings is 2. The van der Waals surface area contributed by atoms with Gasteiger partial charge in [-0.05, 0) is 34.4 Å². The van der Waals surface area contributed by atoms with Gasteiger partial charge in [0.05, 0.1) is 0 Å². The molecule has 3 rings (SSSR count). The number of carboxylic acids is 1. The summed E-state index contributed by atoms with van der Waals surface area (Å²) in [5.41, 5.74) is 10.4. The molecule has 2 N–H and O–H groups in total. The van der Waals surface area contributed by atoms with Gasteiger partial charge >= 0.3 is 0 Å². The van der Waals surface area contributed by atoms with E-state index in [0.29, 0.717) is 18.7 Å². The lowest BCUT2D eigenvalue weighted by Gasteiger charge is -2.12. The number of carbonyl (C=O) groups is 1. The summed E-state index contributed by atoms with van der Waals surface area (Å²) in [5.74, 6) is -0.364. The molecule has 1 aliphatic heterocycles. The number of fused-ring (bicyclic) bond motifs is 2. The fourth-order valence-corrected chi connectivity index (χ4v) is 2.74. The van der Waals surface area contributed by atoms with E-state index in [1.54, 1.807) is 6.07 Å². The van der Waals surface area contributed by atoms with E-state index in [0.717, 1.165) is 28.0 Å². The predicted molar refractivity (Wildman–Crippen MR) is 82.1 cm³/mol. The molecule has 2 aromatic rings. The number of rotatable bonds is 3. The third kappa shape index (κ3) is 2.73. The SMILES string of the molecule is NC/C=C1\c2ccccc2COc2ccc(CC(=O)[O-])cc21. The van der Waals surface area contributed by atoms with Crippen LogP contribution in [-0.2, 0) is 17.8 Å². The second kappa shape index (κ2) is 6.03. The second-order valence-corrected chi connectivity index (χ2v) is 5.18. The Hall–Kier alpha value is -2.59. The van der Waals surface area contributed by atoms with E-state index in [1.807, 2.05) is 42.5 Å². The number of hydrogen-bond donors (Lipinski definition) is 1. The van der Waals surface area contributed by atoms with Gasteiger partial charge in [0.1, 0.15) is 12.4 Å². The molecule has 0 unspecified atom stereocenters. The molecule has 2 aromatic carbocycles. The number of nitrogens with two attached hydrogens (primary N) is 1. The molecule has 0 bridgehead atoms. The van der Waals surface area contributed by atoms with Gasteiger partial charge in [-0.25, -0.2) is 0 Å². The number of hydrogen-bond acceptors (Lipinski definition) is 4. The molecule has 4 nitrogen and oxygen atoms in total. The zero-order valence-corrected chi connectivity index (χ0v) is 12.0.